The third kappa shape index (κ3) is 7.56. The van der Waals surface area contributed by atoms with Crippen LogP contribution in [-0.4, -0.2) is 68.4 Å². The van der Waals surface area contributed by atoms with Gasteiger partial charge in [-0.2, -0.15) is 0 Å². The number of carboxylic acid groups (broad SMARTS) is 1. The predicted octanol–water partition coefficient (Wildman–Crippen LogP) is 5.09. The number of para-hydroxylation sites is 1. The van der Waals surface area contributed by atoms with Crippen LogP contribution in [0.3, 0.4) is 0 Å². The number of pyridine rings is 1. The molecule has 1 aliphatic heterocycles. The predicted molar refractivity (Wildman–Crippen MR) is 177 cm³/mol. The SMILES string of the molecule is COc1cc(CN2C(=O)N(C(CC3CC3)C(=O)NC(CC(=O)O)c3cccnc3)C(=O)C2(C)C)ccc1NC(=O)Nc1ccccc1C. The highest BCUT2D eigenvalue weighted by Gasteiger charge is 2.55. The lowest BCUT2D eigenvalue weighted by atomic mass is 10.0. The lowest BCUT2D eigenvalue weighted by molar-refractivity contribution is -0.140. The molecule has 1 aliphatic carbocycles. The van der Waals surface area contributed by atoms with Gasteiger partial charge in [-0.3, -0.25) is 19.4 Å². The van der Waals surface area contributed by atoms with E-state index in [1.54, 1.807) is 56.4 Å². The Bertz CT molecular complexity index is 1710. The van der Waals surface area contributed by atoms with Gasteiger partial charge in [0.2, 0.25) is 5.91 Å². The molecule has 0 radical (unpaired) electrons. The minimum Gasteiger partial charge on any atom is -0.495 e. The summed E-state index contributed by atoms with van der Waals surface area (Å²) < 4.78 is 5.55. The number of anilines is 2. The van der Waals surface area contributed by atoms with Crippen LogP contribution in [0.5, 0.6) is 5.75 Å². The minimum atomic E-state index is -1.29. The second-order valence-corrected chi connectivity index (χ2v) is 12.7. The van der Waals surface area contributed by atoms with Crippen molar-refractivity contribution in [2.45, 2.75) is 70.6 Å². The average Bonchev–Trinajstić information content (AvgIpc) is 3.86. The smallest absolute Gasteiger partial charge is 0.328 e. The number of benzene rings is 2. The monoisotopic (exact) mass is 656 g/mol. The summed E-state index contributed by atoms with van der Waals surface area (Å²) in [6.45, 7) is 5.17. The minimum absolute atomic E-state index is 0.0230. The quantitative estimate of drug-likeness (QED) is 0.185. The summed E-state index contributed by atoms with van der Waals surface area (Å²) in [4.78, 5) is 72.6. The van der Waals surface area contributed by atoms with Crippen molar-refractivity contribution in [3.63, 3.8) is 0 Å². The number of methoxy groups -OCH3 is 1. The number of carbonyl (C=O) groups excluding carboxylic acids is 4. The first-order chi connectivity index (χ1) is 22.9. The molecule has 252 valence electrons. The molecule has 2 atom stereocenters. The summed E-state index contributed by atoms with van der Waals surface area (Å²) in [5.74, 6) is -1.72. The molecule has 6 amide bonds. The van der Waals surface area contributed by atoms with Gasteiger partial charge in [0.1, 0.15) is 17.3 Å². The molecule has 1 saturated carbocycles. The van der Waals surface area contributed by atoms with Crippen LogP contribution in [0.25, 0.3) is 0 Å². The Kier molecular flexibility index (Phi) is 9.97. The number of hydrogen-bond acceptors (Lipinski definition) is 7. The number of ether oxygens (including phenoxy) is 1. The number of aryl methyl sites for hydroxylation is 1. The number of carboxylic acids is 1. The van der Waals surface area contributed by atoms with Crippen LogP contribution in [0.1, 0.15) is 62.3 Å². The van der Waals surface area contributed by atoms with Crippen LogP contribution in [0, 0.1) is 12.8 Å². The highest BCUT2D eigenvalue weighted by molar-refractivity contribution is 6.09. The van der Waals surface area contributed by atoms with E-state index in [-0.39, 0.29) is 18.9 Å². The number of hydrogen-bond donors (Lipinski definition) is 4. The maximum absolute atomic E-state index is 14.0. The number of urea groups is 2. The number of amides is 6. The van der Waals surface area contributed by atoms with Crippen LogP contribution in [-0.2, 0) is 20.9 Å². The van der Waals surface area contributed by atoms with Gasteiger partial charge >= 0.3 is 18.0 Å². The Hall–Kier alpha value is -5.46. The van der Waals surface area contributed by atoms with E-state index in [2.05, 4.69) is 20.9 Å². The van der Waals surface area contributed by atoms with E-state index in [0.717, 1.165) is 23.3 Å². The Morgan fingerprint density at radius 3 is 2.42 bits per heavy atom. The zero-order chi connectivity index (χ0) is 34.6. The summed E-state index contributed by atoms with van der Waals surface area (Å²) in [6, 6.07) is 12.6. The van der Waals surface area contributed by atoms with Gasteiger partial charge in [-0.05, 0) is 74.1 Å². The van der Waals surface area contributed by atoms with Crippen LogP contribution in [0.4, 0.5) is 21.0 Å². The van der Waals surface area contributed by atoms with Crippen molar-refractivity contribution in [3.8, 4) is 5.75 Å². The van der Waals surface area contributed by atoms with E-state index in [4.69, 9.17) is 4.74 Å². The summed E-state index contributed by atoms with van der Waals surface area (Å²) in [6.07, 6.45) is 4.65. The molecule has 2 aromatic carbocycles. The molecule has 3 aromatic rings. The van der Waals surface area contributed by atoms with Crippen LogP contribution in [0.2, 0.25) is 0 Å². The molecule has 48 heavy (non-hydrogen) atoms. The first-order valence-electron chi connectivity index (χ1n) is 15.8. The molecule has 2 aliphatic rings. The summed E-state index contributed by atoms with van der Waals surface area (Å²) in [7, 11) is 1.46. The molecule has 0 bridgehead atoms. The molecule has 2 heterocycles. The normalized spacial score (nSPS) is 16.7. The molecule has 1 aromatic heterocycles. The second kappa shape index (κ2) is 14.1. The Labute approximate surface area is 278 Å². The van der Waals surface area contributed by atoms with E-state index in [1.807, 2.05) is 25.1 Å². The van der Waals surface area contributed by atoms with Crippen molar-refractivity contribution < 1.29 is 33.8 Å². The van der Waals surface area contributed by atoms with Crippen molar-refractivity contribution >= 4 is 41.2 Å². The largest absolute Gasteiger partial charge is 0.495 e. The Morgan fingerprint density at radius 1 is 1.04 bits per heavy atom. The molecule has 0 spiro atoms. The zero-order valence-corrected chi connectivity index (χ0v) is 27.4. The van der Waals surface area contributed by atoms with Gasteiger partial charge in [-0.1, -0.05) is 43.2 Å². The van der Waals surface area contributed by atoms with Gasteiger partial charge in [-0.25, -0.2) is 14.5 Å². The van der Waals surface area contributed by atoms with E-state index in [9.17, 15) is 29.1 Å². The highest BCUT2D eigenvalue weighted by Crippen LogP contribution is 2.39. The van der Waals surface area contributed by atoms with Gasteiger partial charge in [-0.15, -0.1) is 0 Å². The lowest BCUT2D eigenvalue weighted by Crippen LogP contribution is -2.51. The molecule has 2 fully saturated rings. The van der Waals surface area contributed by atoms with Gasteiger partial charge in [0.05, 0.1) is 25.3 Å². The molecular weight excluding hydrogens is 616 g/mol. The molecule has 5 rings (SSSR count). The van der Waals surface area contributed by atoms with Crippen molar-refractivity contribution in [2.75, 3.05) is 17.7 Å². The van der Waals surface area contributed by atoms with Crippen molar-refractivity contribution in [1.29, 1.82) is 0 Å². The second-order valence-electron chi connectivity index (χ2n) is 12.7. The lowest BCUT2D eigenvalue weighted by Gasteiger charge is -2.28. The number of carbonyl (C=O) groups is 5. The standard InChI is InChI=1S/C35H40N6O7/c1-21-8-5-6-10-25(21)38-33(46)39-26-14-13-23(17-29(26)48-4)20-40-34(47)41(32(45)35(40,2)3)28(16-22-11-12-22)31(44)37-27(18-30(42)43)24-9-7-15-36-19-24/h5-10,13-15,17,19,22,27-28H,11-12,16,18,20H2,1-4H3,(H,37,44)(H,42,43)(H2,38,39,46). The number of nitrogens with one attached hydrogen (secondary N) is 3. The average molecular weight is 657 g/mol. The maximum Gasteiger partial charge on any atom is 0.328 e. The van der Waals surface area contributed by atoms with Gasteiger partial charge in [0.15, 0.2) is 0 Å². The van der Waals surface area contributed by atoms with Crippen molar-refractivity contribution in [1.82, 2.24) is 20.1 Å². The first-order valence-corrected chi connectivity index (χ1v) is 15.8. The Morgan fingerprint density at radius 2 is 1.77 bits per heavy atom. The fraction of sp³-hybridized carbons (Fsp3) is 0.371. The van der Waals surface area contributed by atoms with E-state index >= 15 is 0 Å². The number of aliphatic carboxylic acids is 1. The fourth-order valence-electron chi connectivity index (χ4n) is 5.79. The van der Waals surface area contributed by atoms with Crippen LogP contribution >= 0.6 is 0 Å². The number of rotatable bonds is 13. The third-order valence-corrected chi connectivity index (χ3v) is 8.75. The van der Waals surface area contributed by atoms with E-state index < -0.39 is 53.9 Å². The number of imide groups is 1. The van der Waals surface area contributed by atoms with Crippen molar-refractivity contribution in [2.24, 2.45) is 5.92 Å². The maximum atomic E-state index is 14.0. The summed E-state index contributed by atoms with van der Waals surface area (Å²) in [5, 5.41) is 17.9. The molecule has 13 heteroatoms. The van der Waals surface area contributed by atoms with Gasteiger partial charge < -0.3 is 30.7 Å². The topological polar surface area (TPSA) is 170 Å². The van der Waals surface area contributed by atoms with E-state index in [1.165, 1.54) is 18.2 Å². The first kappa shape index (κ1) is 33.9. The van der Waals surface area contributed by atoms with E-state index in [0.29, 0.717) is 28.3 Å². The molecule has 2 unspecified atom stereocenters. The molecule has 4 N–H and O–H groups in total. The fourth-order valence-corrected chi connectivity index (χ4v) is 5.79. The Balaban J connectivity index is 1.34. The van der Waals surface area contributed by atoms with Gasteiger partial charge in [0, 0.05) is 24.6 Å². The van der Waals surface area contributed by atoms with Gasteiger partial charge in [0.25, 0.3) is 5.91 Å². The zero-order valence-electron chi connectivity index (χ0n) is 27.4. The molecular formula is C35H40N6O7. The number of nitrogens with zero attached hydrogens (tertiary/aromatic N) is 3. The third-order valence-electron chi connectivity index (χ3n) is 8.75. The highest BCUT2D eigenvalue weighted by atomic mass is 16.5. The molecule has 1 saturated heterocycles. The van der Waals surface area contributed by atoms with Crippen LogP contribution in [0.15, 0.2) is 67.0 Å². The van der Waals surface area contributed by atoms with Crippen LogP contribution < -0.4 is 20.7 Å². The summed E-state index contributed by atoms with van der Waals surface area (Å²) >= 11 is 0. The van der Waals surface area contributed by atoms with Crippen molar-refractivity contribution in [3.05, 3.63) is 83.7 Å². The summed E-state index contributed by atoms with van der Waals surface area (Å²) in [5.41, 5.74) is 1.82. The molecule has 13 nitrogen and oxygen atoms in total. The number of aromatic nitrogens is 1.